The van der Waals surface area contributed by atoms with E-state index in [1.54, 1.807) is 14.0 Å². The van der Waals surface area contributed by atoms with Gasteiger partial charge in [0.1, 0.15) is 5.75 Å². The first kappa shape index (κ1) is 23.5. The number of esters is 1. The van der Waals surface area contributed by atoms with Gasteiger partial charge in [-0.05, 0) is 49.1 Å². The molecule has 0 aliphatic heterocycles. The van der Waals surface area contributed by atoms with Crippen molar-refractivity contribution in [3.05, 3.63) is 74.7 Å². The highest BCUT2D eigenvalue weighted by Crippen LogP contribution is 2.36. The molecule has 1 aliphatic rings. The number of amides is 1. The maximum Gasteiger partial charge on any atom is 0.314 e. The van der Waals surface area contributed by atoms with E-state index in [1.807, 2.05) is 36.4 Å². The van der Waals surface area contributed by atoms with Gasteiger partial charge in [0, 0.05) is 11.1 Å². The lowest BCUT2D eigenvalue weighted by Crippen LogP contribution is -2.34. The van der Waals surface area contributed by atoms with E-state index in [1.165, 1.54) is 12.1 Å². The van der Waals surface area contributed by atoms with Crippen LogP contribution in [-0.2, 0) is 9.53 Å². The van der Waals surface area contributed by atoms with Crippen LogP contribution in [0.3, 0.4) is 0 Å². The number of methoxy groups -OCH3 is 1. The average Bonchev–Trinajstić information content (AvgIpc) is 3.15. The van der Waals surface area contributed by atoms with Gasteiger partial charge in [-0.1, -0.05) is 59.1 Å². The summed E-state index contributed by atoms with van der Waals surface area (Å²) < 4.78 is 10.6. The summed E-state index contributed by atoms with van der Waals surface area (Å²) in [4.78, 5) is 25.5. The highest BCUT2D eigenvalue weighted by atomic mass is 35.5. The number of carbonyl (C=O) groups is 2. The molecule has 3 atom stereocenters. The van der Waals surface area contributed by atoms with Gasteiger partial charge in [0.2, 0.25) is 0 Å². The molecule has 3 rings (SSSR count). The van der Waals surface area contributed by atoms with Crippen molar-refractivity contribution in [3.8, 4) is 5.75 Å². The molecule has 0 unspecified atom stereocenters. The number of nitrogens with one attached hydrogen (secondary N) is 1. The molecule has 0 saturated carbocycles. The fraction of sp³-hybridized carbons (Fsp3) is 0.304. The maximum atomic E-state index is 12.8. The lowest BCUT2D eigenvalue weighted by Gasteiger charge is -2.23. The first-order valence-electron chi connectivity index (χ1n) is 9.78. The third kappa shape index (κ3) is 5.53. The Bertz CT molecular complexity index is 985. The van der Waals surface area contributed by atoms with Crippen molar-refractivity contribution in [2.45, 2.75) is 25.3 Å². The number of hydrogen-bond donors (Lipinski definition) is 1. The molecule has 1 aliphatic carbocycles. The van der Waals surface area contributed by atoms with Crippen LogP contribution in [0.15, 0.2) is 48.6 Å². The second-order valence-corrected chi connectivity index (χ2v) is 8.37. The molecule has 0 aromatic heterocycles. The zero-order valence-corrected chi connectivity index (χ0v) is 19.3. The van der Waals surface area contributed by atoms with E-state index >= 15 is 0 Å². The molecular weight excluding hydrogens is 461 g/mol. The van der Waals surface area contributed by atoms with Gasteiger partial charge in [-0.15, -0.1) is 0 Å². The van der Waals surface area contributed by atoms with Crippen molar-refractivity contribution >= 4 is 46.7 Å². The Morgan fingerprint density at radius 1 is 1.13 bits per heavy atom. The Balaban J connectivity index is 1.77. The minimum Gasteiger partial charge on any atom is -0.497 e. The van der Waals surface area contributed by atoms with Gasteiger partial charge in [0.25, 0.3) is 5.91 Å². The van der Waals surface area contributed by atoms with Crippen molar-refractivity contribution in [2.24, 2.45) is 5.92 Å². The Labute approximate surface area is 196 Å². The van der Waals surface area contributed by atoms with E-state index in [2.05, 4.69) is 5.32 Å². The molecule has 1 amide bonds. The van der Waals surface area contributed by atoms with Gasteiger partial charge in [-0.25, -0.2) is 0 Å². The summed E-state index contributed by atoms with van der Waals surface area (Å²) in [6.45, 7) is 2.05. The number of rotatable bonds is 7. The van der Waals surface area contributed by atoms with Crippen LogP contribution in [0, 0.1) is 5.92 Å². The molecular formula is C23H22Cl3NO4. The van der Waals surface area contributed by atoms with Crippen molar-refractivity contribution in [1.82, 2.24) is 5.32 Å². The molecule has 31 heavy (non-hydrogen) atoms. The number of hydrogen-bond acceptors (Lipinski definition) is 4. The first-order chi connectivity index (χ1) is 14.8. The lowest BCUT2D eigenvalue weighted by molar-refractivity contribution is -0.146. The molecule has 0 fully saturated rings. The molecule has 164 valence electrons. The summed E-state index contributed by atoms with van der Waals surface area (Å²) in [5.74, 6) is -0.744. The number of carbonyl (C=O) groups excluding carboxylic acids is 2. The number of allylic oxidation sites excluding steroid dienone is 1. The summed E-state index contributed by atoms with van der Waals surface area (Å²) in [5.41, 5.74) is 0.961. The molecule has 5 nitrogen and oxygen atoms in total. The fourth-order valence-corrected chi connectivity index (χ4v) is 4.69. The van der Waals surface area contributed by atoms with Crippen LogP contribution in [0.2, 0.25) is 15.1 Å². The van der Waals surface area contributed by atoms with Gasteiger partial charge in [0.15, 0.2) is 0 Å². The van der Waals surface area contributed by atoms with Gasteiger partial charge < -0.3 is 14.8 Å². The van der Waals surface area contributed by atoms with Crippen molar-refractivity contribution in [1.29, 1.82) is 0 Å². The third-order valence-electron chi connectivity index (χ3n) is 5.09. The molecule has 0 saturated heterocycles. The largest absolute Gasteiger partial charge is 0.497 e. The van der Waals surface area contributed by atoms with Crippen LogP contribution in [0.25, 0.3) is 0 Å². The van der Waals surface area contributed by atoms with Crippen LogP contribution in [0.1, 0.15) is 35.2 Å². The smallest absolute Gasteiger partial charge is 0.314 e. The summed E-state index contributed by atoms with van der Waals surface area (Å²) >= 11 is 18.2. The van der Waals surface area contributed by atoms with Crippen LogP contribution in [-0.4, -0.2) is 31.6 Å². The summed E-state index contributed by atoms with van der Waals surface area (Å²) in [7, 11) is 1.58. The highest BCUT2D eigenvalue weighted by molar-refractivity contribution is 6.42. The van der Waals surface area contributed by atoms with Crippen molar-refractivity contribution < 1.29 is 19.1 Å². The van der Waals surface area contributed by atoms with Crippen molar-refractivity contribution in [3.63, 3.8) is 0 Å². The zero-order valence-electron chi connectivity index (χ0n) is 17.0. The summed E-state index contributed by atoms with van der Waals surface area (Å²) in [6, 6.07) is 10.0. The molecule has 1 N–H and O–H groups in total. The second kappa shape index (κ2) is 10.4. The quantitative estimate of drug-likeness (QED) is 0.407. The average molecular weight is 483 g/mol. The Morgan fingerprint density at radius 2 is 1.84 bits per heavy atom. The molecule has 2 aromatic rings. The molecule has 0 radical (unpaired) electrons. The Morgan fingerprint density at radius 3 is 2.48 bits per heavy atom. The predicted molar refractivity (Wildman–Crippen MR) is 122 cm³/mol. The van der Waals surface area contributed by atoms with Gasteiger partial charge >= 0.3 is 5.97 Å². The highest BCUT2D eigenvalue weighted by Gasteiger charge is 2.35. The number of halogens is 3. The fourth-order valence-electron chi connectivity index (χ4n) is 3.71. The normalized spacial score (nSPS) is 18.5. The summed E-state index contributed by atoms with van der Waals surface area (Å²) in [6.07, 6.45) is 4.32. The lowest BCUT2D eigenvalue weighted by atomic mass is 9.85. The van der Waals surface area contributed by atoms with E-state index in [0.29, 0.717) is 17.2 Å². The Kier molecular flexibility index (Phi) is 7.87. The van der Waals surface area contributed by atoms with E-state index in [-0.39, 0.29) is 40.1 Å². The van der Waals surface area contributed by atoms with Gasteiger partial charge in [0.05, 0.1) is 35.2 Å². The van der Waals surface area contributed by atoms with Crippen LogP contribution >= 0.6 is 34.8 Å². The maximum absolute atomic E-state index is 12.8. The number of benzene rings is 2. The van der Waals surface area contributed by atoms with Crippen LogP contribution < -0.4 is 10.1 Å². The SMILES string of the molecule is CCOC(=O)[C@H](c1cccc(OC)c1)[C@H]1C=C[C@@H](NC(=O)c2c(Cl)cc(Cl)cc2Cl)C1. The van der Waals surface area contributed by atoms with Gasteiger partial charge in [-0.3, -0.25) is 9.59 Å². The van der Waals surface area contributed by atoms with Crippen molar-refractivity contribution in [2.75, 3.05) is 13.7 Å². The molecule has 8 heteroatoms. The minimum absolute atomic E-state index is 0.160. The molecule has 0 bridgehead atoms. The third-order valence-corrected chi connectivity index (χ3v) is 5.90. The molecule has 0 spiro atoms. The minimum atomic E-state index is -0.518. The number of ether oxygens (including phenoxy) is 2. The van der Waals surface area contributed by atoms with E-state index in [0.717, 1.165) is 5.56 Å². The van der Waals surface area contributed by atoms with Gasteiger partial charge in [-0.2, -0.15) is 0 Å². The van der Waals surface area contributed by atoms with E-state index in [4.69, 9.17) is 44.3 Å². The monoisotopic (exact) mass is 481 g/mol. The van der Waals surface area contributed by atoms with Crippen LogP contribution in [0.4, 0.5) is 0 Å². The predicted octanol–water partition coefficient (Wildman–Crippen LogP) is 5.68. The molecule has 0 heterocycles. The topological polar surface area (TPSA) is 64.6 Å². The summed E-state index contributed by atoms with van der Waals surface area (Å²) in [5, 5.41) is 3.61. The Hall–Kier alpha value is -2.21. The molecule has 2 aromatic carbocycles. The van der Waals surface area contributed by atoms with Crippen LogP contribution in [0.5, 0.6) is 5.75 Å². The first-order valence-corrected chi connectivity index (χ1v) is 10.9. The second-order valence-electron chi connectivity index (χ2n) is 7.12. The van der Waals surface area contributed by atoms with E-state index in [9.17, 15) is 9.59 Å². The standard InChI is InChI=1S/C23H22Cl3NO4/c1-3-31-23(29)20(13-5-4-6-17(10-13)30-2)14-7-8-16(9-14)27-22(28)21-18(25)11-15(24)12-19(21)26/h4-8,10-12,14,16,20H,3,9H2,1-2H3,(H,27,28)/t14-,16+,20+/m0/s1. The zero-order chi connectivity index (χ0) is 22.5. The van der Waals surface area contributed by atoms with E-state index < -0.39 is 11.8 Å².